The average Bonchev–Trinajstić information content (AvgIpc) is 2.72. The molecule has 2 atom stereocenters. The maximum Gasteiger partial charge on any atom is 0.0964 e. The van der Waals surface area contributed by atoms with Crippen LogP contribution in [0.1, 0.15) is 19.0 Å². The second-order valence-corrected chi connectivity index (χ2v) is 5.22. The van der Waals surface area contributed by atoms with Gasteiger partial charge in [0, 0.05) is 31.1 Å². The van der Waals surface area contributed by atoms with Crippen molar-refractivity contribution in [1.29, 1.82) is 0 Å². The van der Waals surface area contributed by atoms with E-state index in [0.29, 0.717) is 6.04 Å². The van der Waals surface area contributed by atoms with Crippen molar-refractivity contribution < 1.29 is 0 Å². The SMILES string of the molecule is CC1SCCC1NCc1cn(C)nn1. The molecule has 2 unspecified atom stereocenters. The molecule has 0 spiro atoms. The highest BCUT2D eigenvalue weighted by atomic mass is 32.2. The Morgan fingerprint density at radius 2 is 2.57 bits per heavy atom. The lowest BCUT2D eigenvalue weighted by molar-refractivity contribution is 0.508. The molecule has 2 heterocycles. The molecular weight excluding hydrogens is 196 g/mol. The third kappa shape index (κ3) is 2.27. The van der Waals surface area contributed by atoms with Gasteiger partial charge in [0.1, 0.15) is 0 Å². The number of aromatic nitrogens is 3. The summed E-state index contributed by atoms with van der Waals surface area (Å²) in [6, 6.07) is 0.641. The average molecular weight is 212 g/mol. The van der Waals surface area contributed by atoms with Crippen molar-refractivity contribution in [3.05, 3.63) is 11.9 Å². The second-order valence-electron chi connectivity index (χ2n) is 3.74. The Morgan fingerprint density at radius 1 is 1.71 bits per heavy atom. The molecule has 0 aromatic carbocycles. The summed E-state index contributed by atoms with van der Waals surface area (Å²) in [5.74, 6) is 1.28. The molecule has 0 radical (unpaired) electrons. The molecule has 1 N–H and O–H groups in total. The molecule has 14 heavy (non-hydrogen) atoms. The zero-order valence-corrected chi connectivity index (χ0v) is 9.42. The molecule has 0 saturated carbocycles. The van der Waals surface area contributed by atoms with E-state index in [2.05, 4.69) is 22.6 Å². The van der Waals surface area contributed by atoms with Gasteiger partial charge in [-0.25, -0.2) is 0 Å². The van der Waals surface area contributed by atoms with Crippen LogP contribution in [0.5, 0.6) is 0 Å². The van der Waals surface area contributed by atoms with Gasteiger partial charge in [-0.2, -0.15) is 11.8 Å². The van der Waals surface area contributed by atoms with Crippen LogP contribution in [0.25, 0.3) is 0 Å². The lowest BCUT2D eigenvalue weighted by Crippen LogP contribution is -2.32. The van der Waals surface area contributed by atoms with Crippen molar-refractivity contribution in [2.45, 2.75) is 31.2 Å². The fourth-order valence-corrected chi connectivity index (χ4v) is 2.94. The molecule has 0 amide bonds. The number of hydrogen-bond donors (Lipinski definition) is 1. The van der Waals surface area contributed by atoms with Crippen molar-refractivity contribution in [2.75, 3.05) is 5.75 Å². The van der Waals surface area contributed by atoms with E-state index in [4.69, 9.17) is 0 Å². The molecule has 1 aliphatic rings. The fraction of sp³-hybridized carbons (Fsp3) is 0.778. The fourth-order valence-electron chi connectivity index (χ4n) is 1.71. The van der Waals surface area contributed by atoms with E-state index in [0.717, 1.165) is 17.5 Å². The predicted molar refractivity (Wildman–Crippen MR) is 58.2 cm³/mol. The highest BCUT2D eigenvalue weighted by Gasteiger charge is 2.23. The van der Waals surface area contributed by atoms with Crippen LogP contribution < -0.4 is 5.32 Å². The Labute approximate surface area is 88.4 Å². The van der Waals surface area contributed by atoms with Gasteiger partial charge in [0.15, 0.2) is 0 Å². The largest absolute Gasteiger partial charge is 0.307 e. The molecular formula is C9H16N4S. The first kappa shape index (κ1) is 9.98. The van der Waals surface area contributed by atoms with Crippen LogP contribution >= 0.6 is 11.8 Å². The molecule has 0 bridgehead atoms. The minimum absolute atomic E-state index is 0.641. The smallest absolute Gasteiger partial charge is 0.0964 e. The van der Waals surface area contributed by atoms with E-state index >= 15 is 0 Å². The summed E-state index contributed by atoms with van der Waals surface area (Å²) < 4.78 is 1.74. The molecule has 1 aliphatic heterocycles. The molecule has 0 aliphatic carbocycles. The maximum absolute atomic E-state index is 4.05. The molecule has 5 heteroatoms. The summed E-state index contributed by atoms with van der Waals surface area (Å²) >= 11 is 2.04. The van der Waals surface area contributed by atoms with Crippen molar-refractivity contribution in [1.82, 2.24) is 20.3 Å². The Bertz CT molecular complexity index is 299. The highest BCUT2D eigenvalue weighted by Crippen LogP contribution is 2.26. The summed E-state index contributed by atoms with van der Waals surface area (Å²) in [4.78, 5) is 0. The van der Waals surface area contributed by atoms with E-state index in [1.54, 1.807) is 4.68 Å². The molecule has 1 fully saturated rings. The van der Waals surface area contributed by atoms with E-state index in [-0.39, 0.29) is 0 Å². The van der Waals surface area contributed by atoms with Crippen LogP contribution in [-0.4, -0.2) is 32.0 Å². The van der Waals surface area contributed by atoms with Gasteiger partial charge in [-0.1, -0.05) is 12.1 Å². The highest BCUT2D eigenvalue weighted by molar-refractivity contribution is 8.00. The molecule has 78 valence electrons. The first-order valence-corrected chi connectivity index (χ1v) is 6.01. The van der Waals surface area contributed by atoms with Crippen LogP contribution in [-0.2, 0) is 13.6 Å². The maximum atomic E-state index is 4.05. The molecule has 2 rings (SSSR count). The lowest BCUT2D eigenvalue weighted by atomic mass is 10.2. The zero-order chi connectivity index (χ0) is 9.97. The number of nitrogens with zero attached hydrogens (tertiary/aromatic N) is 3. The van der Waals surface area contributed by atoms with Gasteiger partial charge in [-0.3, -0.25) is 4.68 Å². The van der Waals surface area contributed by atoms with E-state index < -0.39 is 0 Å². The molecule has 1 saturated heterocycles. The van der Waals surface area contributed by atoms with Gasteiger partial charge in [-0.05, 0) is 12.2 Å². The Hall–Kier alpha value is -0.550. The van der Waals surface area contributed by atoms with Crippen molar-refractivity contribution in [3.63, 3.8) is 0 Å². The number of nitrogens with one attached hydrogen (secondary N) is 1. The summed E-state index contributed by atoms with van der Waals surface area (Å²) in [5, 5.41) is 12.2. The number of thioether (sulfide) groups is 1. The van der Waals surface area contributed by atoms with E-state index in [1.165, 1.54) is 12.2 Å². The van der Waals surface area contributed by atoms with Gasteiger partial charge >= 0.3 is 0 Å². The quantitative estimate of drug-likeness (QED) is 0.805. The van der Waals surface area contributed by atoms with Crippen LogP contribution in [0.2, 0.25) is 0 Å². The number of rotatable bonds is 3. The van der Waals surface area contributed by atoms with Crippen molar-refractivity contribution in [3.8, 4) is 0 Å². The van der Waals surface area contributed by atoms with Gasteiger partial charge in [-0.15, -0.1) is 5.10 Å². The zero-order valence-electron chi connectivity index (χ0n) is 8.60. The monoisotopic (exact) mass is 212 g/mol. The van der Waals surface area contributed by atoms with Crippen LogP contribution in [0.3, 0.4) is 0 Å². The lowest BCUT2D eigenvalue weighted by Gasteiger charge is -2.14. The number of hydrogen-bond acceptors (Lipinski definition) is 4. The third-order valence-electron chi connectivity index (χ3n) is 2.57. The van der Waals surface area contributed by atoms with Crippen LogP contribution in [0.15, 0.2) is 6.20 Å². The topological polar surface area (TPSA) is 42.7 Å². The van der Waals surface area contributed by atoms with E-state index in [1.807, 2.05) is 25.0 Å². The third-order valence-corrected chi connectivity index (χ3v) is 3.90. The summed E-state index contributed by atoms with van der Waals surface area (Å²) in [7, 11) is 1.89. The minimum atomic E-state index is 0.641. The van der Waals surface area contributed by atoms with Crippen LogP contribution in [0, 0.1) is 0 Å². The minimum Gasteiger partial charge on any atom is -0.307 e. The molecule has 1 aromatic heterocycles. The van der Waals surface area contributed by atoms with Gasteiger partial charge in [0.25, 0.3) is 0 Å². The summed E-state index contributed by atoms with van der Waals surface area (Å²) in [5.41, 5.74) is 1.02. The Kier molecular flexibility index (Phi) is 3.08. The van der Waals surface area contributed by atoms with Crippen molar-refractivity contribution >= 4 is 11.8 Å². The second kappa shape index (κ2) is 4.31. The summed E-state index contributed by atoms with van der Waals surface area (Å²) in [6.45, 7) is 3.12. The standard InChI is InChI=1S/C9H16N4S/c1-7-9(3-4-14-7)10-5-8-6-13(2)12-11-8/h6-7,9-10H,3-5H2,1-2H3. The van der Waals surface area contributed by atoms with Gasteiger partial charge in [0.2, 0.25) is 0 Å². The molecule has 1 aromatic rings. The normalized spacial score (nSPS) is 27.0. The first-order chi connectivity index (χ1) is 6.75. The Morgan fingerprint density at radius 3 is 3.14 bits per heavy atom. The van der Waals surface area contributed by atoms with Gasteiger partial charge in [0.05, 0.1) is 5.69 Å². The van der Waals surface area contributed by atoms with E-state index in [9.17, 15) is 0 Å². The first-order valence-electron chi connectivity index (χ1n) is 4.96. The number of aryl methyl sites for hydroxylation is 1. The molecule has 4 nitrogen and oxygen atoms in total. The Balaban J connectivity index is 1.82. The van der Waals surface area contributed by atoms with Gasteiger partial charge < -0.3 is 5.32 Å². The van der Waals surface area contributed by atoms with Crippen molar-refractivity contribution in [2.24, 2.45) is 7.05 Å². The van der Waals surface area contributed by atoms with Crippen LogP contribution in [0.4, 0.5) is 0 Å². The summed E-state index contributed by atoms with van der Waals surface area (Å²) in [6.07, 6.45) is 3.23. The predicted octanol–water partition coefficient (Wildman–Crippen LogP) is 0.799.